The summed E-state index contributed by atoms with van der Waals surface area (Å²) in [6.45, 7) is 0.0354. The van der Waals surface area contributed by atoms with Crippen LogP contribution in [0.5, 0.6) is 0 Å². The number of halogens is 1. The Morgan fingerprint density at radius 3 is 2.30 bits per heavy atom. The minimum absolute atomic E-state index is 0.0625. The summed E-state index contributed by atoms with van der Waals surface area (Å²) < 4.78 is 26.2. The maximum atomic E-state index is 15.0. The maximum Gasteiger partial charge on any atom is 0.412 e. The number of benzene rings is 3. The molecule has 0 aliphatic heterocycles. The van der Waals surface area contributed by atoms with E-state index in [1.54, 1.807) is 25.3 Å². The molecular formula is C30H30FNO4S. The van der Waals surface area contributed by atoms with Crippen molar-refractivity contribution in [3.8, 4) is 11.1 Å². The number of alkyl carbamates (subject to hydrolysis) is 1. The predicted molar refractivity (Wildman–Crippen MR) is 144 cm³/mol. The van der Waals surface area contributed by atoms with Crippen molar-refractivity contribution in [2.45, 2.75) is 36.7 Å². The third-order valence-electron chi connectivity index (χ3n) is 7.95. The van der Waals surface area contributed by atoms with Crippen LogP contribution in [0.2, 0.25) is 0 Å². The molecule has 0 bridgehead atoms. The van der Waals surface area contributed by atoms with E-state index in [9.17, 15) is 14.3 Å². The molecule has 5 nitrogen and oxygen atoms in total. The molecule has 2 aliphatic carbocycles. The molecule has 0 unspecified atom stereocenters. The standard InChI is InChI=1S/C30H30FNO4S/c1-35-20-14-19(17-33)30(15-20,26-12-6-7-13-27(26)31)16-28(37)32-29(34)36-18-25-23-10-4-2-8-21(23)22-9-3-5-11-24(22)25/h2-13,19-20,25,33H,14-18H2,1H3,(H,32,34,37)/t19-,20+,30-/m0/s1. The molecule has 5 rings (SSSR count). The van der Waals surface area contributed by atoms with Crippen LogP contribution in [0.1, 0.15) is 41.9 Å². The number of amides is 1. The van der Waals surface area contributed by atoms with Gasteiger partial charge in [0.2, 0.25) is 0 Å². The van der Waals surface area contributed by atoms with Gasteiger partial charge in [-0.3, -0.25) is 5.32 Å². The minimum atomic E-state index is -0.797. The average Bonchev–Trinajstić information content (AvgIpc) is 3.43. The first-order chi connectivity index (χ1) is 18.0. The normalized spacial score (nSPS) is 22.4. The largest absolute Gasteiger partial charge is 0.448 e. The lowest BCUT2D eigenvalue weighted by atomic mass is 9.69. The molecule has 0 aromatic heterocycles. The minimum Gasteiger partial charge on any atom is -0.448 e. The van der Waals surface area contributed by atoms with E-state index in [0.29, 0.717) is 18.4 Å². The van der Waals surface area contributed by atoms with Crippen LogP contribution in [0.15, 0.2) is 72.8 Å². The van der Waals surface area contributed by atoms with Gasteiger partial charge in [0.05, 0.1) is 11.1 Å². The highest BCUT2D eigenvalue weighted by molar-refractivity contribution is 7.80. The Bertz CT molecular complexity index is 1270. The number of aliphatic hydroxyl groups is 1. The molecule has 0 radical (unpaired) electrons. The number of thiocarbonyl (C=S) groups is 1. The molecule has 0 saturated heterocycles. The number of hydrogen-bond donors (Lipinski definition) is 2. The van der Waals surface area contributed by atoms with Gasteiger partial charge in [-0.2, -0.15) is 0 Å². The summed E-state index contributed by atoms with van der Waals surface area (Å²) in [5.41, 5.74) is 4.23. The molecule has 2 N–H and O–H groups in total. The highest BCUT2D eigenvalue weighted by atomic mass is 32.1. The van der Waals surface area contributed by atoms with E-state index in [2.05, 4.69) is 29.6 Å². The third-order valence-corrected chi connectivity index (χ3v) is 8.19. The zero-order chi connectivity index (χ0) is 26.0. The van der Waals surface area contributed by atoms with Gasteiger partial charge < -0.3 is 14.6 Å². The van der Waals surface area contributed by atoms with Gasteiger partial charge >= 0.3 is 6.09 Å². The first kappa shape index (κ1) is 25.5. The second-order valence-electron chi connectivity index (χ2n) is 9.86. The van der Waals surface area contributed by atoms with Crippen LogP contribution in [-0.2, 0) is 14.9 Å². The van der Waals surface area contributed by atoms with E-state index >= 15 is 0 Å². The summed E-state index contributed by atoms with van der Waals surface area (Å²) in [5, 5.41) is 12.9. The molecule has 7 heteroatoms. The van der Waals surface area contributed by atoms with E-state index in [-0.39, 0.29) is 48.4 Å². The number of hydrogen-bond acceptors (Lipinski definition) is 5. The fourth-order valence-corrected chi connectivity index (χ4v) is 6.55. The average molecular weight is 520 g/mol. The smallest absolute Gasteiger partial charge is 0.412 e. The second kappa shape index (κ2) is 10.7. The SMILES string of the molecule is CO[C@@H]1C[C@@H](CO)[C@](CC(=S)NC(=O)OCC2c3ccccc3-c3ccccc32)(c2ccccc2F)C1. The number of aliphatic hydroxyl groups excluding tert-OH is 1. The van der Waals surface area contributed by atoms with Gasteiger partial charge in [-0.05, 0) is 52.6 Å². The summed E-state index contributed by atoms with van der Waals surface area (Å²) >= 11 is 5.58. The van der Waals surface area contributed by atoms with Gasteiger partial charge in [-0.1, -0.05) is 78.9 Å². The van der Waals surface area contributed by atoms with Gasteiger partial charge in [0.25, 0.3) is 0 Å². The van der Waals surface area contributed by atoms with Crippen molar-refractivity contribution >= 4 is 23.3 Å². The van der Waals surface area contributed by atoms with Gasteiger partial charge in [-0.25, -0.2) is 9.18 Å². The number of fused-ring (bicyclic) bond motifs is 3. The molecule has 1 saturated carbocycles. The number of nitrogens with one attached hydrogen (secondary N) is 1. The Morgan fingerprint density at radius 2 is 1.68 bits per heavy atom. The second-order valence-corrected chi connectivity index (χ2v) is 10.4. The third kappa shape index (κ3) is 4.79. The Labute approximate surface area is 221 Å². The lowest BCUT2D eigenvalue weighted by Crippen LogP contribution is -2.41. The summed E-state index contributed by atoms with van der Waals surface area (Å²) in [6, 6.07) is 22.8. The van der Waals surface area contributed by atoms with Crippen molar-refractivity contribution in [1.82, 2.24) is 5.32 Å². The van der Waals surface area contributed by atoms with E-state index in [1.165, 1.54) is 6.07 Å². The van der Waals surface area contributed by atoms with Crippen LogP contribution < -0.4 is 5.32 Å². The highest BCUT2D eigenvalue weighted by Gasteiger charge is 2.50. The fraction of sp³-hybridized carbons (Fsp3) is 0.333. The Hall–Kier alpha value is -3.13. The monoisotopic (exact) mass is 519 g/mol. The Balaban J connectivity index is 1.30. The van der Waals surface area contributed by atoms with Gasteiger partial charge in [-0.15, -0.1) is 0 Å². The van der Waals surface area contributed by atoms with Gasteiger partial charge in [0.1, 0.15) is 12.4 Å². The Morgan fingerprint density at radius 1 is 1.05 bits per heavy atom. The van der Waals surface area contributed by atoms with Crippen LogP contribution in [0.4, 0.5) is 9.18 Å². The number of ether oxygens (including phenoxy) is 2. The molecule has 3 aromatic carbocycles. The maximum absolute atomic E-state index is 15.0. The molecule has 2 aliphatic rings. The van der Waals surface area contributed by atoms with Crippen LogP contribution in [0.3, 0.4) is 0 Å². The van der Waals surface area contributed by atoms with Crippen molar-refractivity contribution in [3.63, 3.8) is 0 Å². The van der Waals surface area contributed by atoms with Crippen molar-refractivity contribution in [2.24, 2.45) is 5.92 Å². The topological polar surface area (TPSA) is 67.8 Å². The lowest BCUT2D eigenvalue weighted by Gasteiger charge is -2.36. The summed E-state index contributed by atoms with van der Waals surface area (Å²) in [4.78, 5) is 13.1. The van der Waals surface area contributed by atoms with E-state index in [0.717, 1.165) is 22.3 Å². The molecular weight excluding hydrogens is 489 g/mol. The summed E-state index contributed by atoms with van der Waals surface area (Å²) in [6.07, 6.45) is 0.474. The highest BCUT2D eigenvalue weighted by Crippen LogP contribution is 2.50. The molecule has 0 spiro atoms. The predicted octanol–water partition coefficient (Wildman–Crippen LogP) is 5.74. The van der Waals surface area contributed by atoms with E-state index in [1.807, 2.05) is 24.3 Å². The number of rotatable bonds is 7. The number of carbonyl (C=O) groups excluding carboxylic acids is 1. The Kier molecular flexibility index (Phi) is 7.38. The number of carbonyl (C=O) groups is 1. The molecule has 192 valence electrons. The summed E-state index contributed by atoms with van der Waals surface area (Å²) in [7, 11) is 1.61. The van der Waals surface area contributed by atoms with E-state index in [4.69, 9.17) is 21.7 Å². The molecule has 1 amide bonds. The molecule has 3 atom stereocenters. The summed E-state index contributed by atoms with van der Waals surface area (Å²) in [5.74, 6) is -0.689. The van der Waals surface area contributed by atoms with Crippen molar-refractivity contribution in [2.75, 3.05) is 20.3 Å². The first-order valence-corrected chi connectivity index (χ1v) is 12.9. The fourth-order valence-electron chi connectivity index (χ4n) is 6.21. The van der Waals surface area contributed by atoms with Crippen molar-refractivity contribution in [1.29, 1.82) is 0 Å². The van der Waals surface area contributed by atoms with Crippen LogP contribution in [-0.4, -0.2) is 42.6 Å². The molecule has 0 heterocycles. The zero-order valence-electron chi connectivity index (χ0n) is 20.7. The number of methoxy groups -OCH3 is 1. The van der Waals surface area contributed by atoms with E-state index < -0.39 is 11.5 Å². The quantitative estimate of drug-likeness (QED) is 0.390. The van der Waals surface area contributed by atoms with Gasteiger partial charge in [0, 0.05) is 31.5 Å². The van der Waals surface area contributed by atoms with Crippen molar-refractivity contribution < 1.29 is 23.8 Å². The molecule has 1 fully saturated rings. The van der Waals surface area contributed by atoms with Crippen LogP contribution in [0, 0.1) is 11.7 Å². The lowest BCUT2D eigenvalue weighted by molar-refractivity contribution is 0.0996. The van der Waals surface area contributed by atoms with Crippen molar-refractivity contribution in [3.05, 3.63) is 95.3 Å². The molecule has 37 heavy (non-hydrogen) atoms. The first-order valence-electron chi connectivity index (χ1n) is 12.5. The van der Waals surface area contributed by atoms with Crippen LogP contribution >= 0.6 is 12.2 Å². The zero-order valence-corrected chi connectivity index (χ0v) is 21.5. The molecule has 3 aromatic rings. The van der Waals surface area contributed by atoms with Gasteiger partial charge in [0.15, 0.2) is 0 Å². The van der Waals surface area contributed by atoms with Crippen LogP contribution in [0.25, 0.3) is 11.1 Å².